The van der Waals surface area contributed by atoms with E-state index in [0.29, 0.717) is 5.92 Å². The molecule has 2 rings (SSSR count). The van der Waals surface area contributed by atoms with Gasteiger partial charge >= 0.3 is 0 Å². The number of benzene rings is 1. The molecule has 0 heterocycles. The predicted octanol–water partition coefficient (Wildman–Crippen LogP) is 6.28. The average Bonchev–Trinajstić information content (AvgIpc) is 2.74. The summed E-state index contributed by atoms with van der Waals surface area (Å²) in [5, 5.41) is 0.221. The molecule has 1 fully saturated rings. The molecule has 106 valence electrons. The predicted molar refractivity (Wildman–Crippen MR) is 84.8 cm³/mol. The molecule has 0 radical (unpaired) electrons. The molecule has 1 aliphatic rings. The van der Waals surface area contributed by atoms with Crippen molar-refractivity contribution in [3.8, 4) is 0 Å². The molecule has 1 aromatic rings. The summed E-state index contributed by atoms with van der Waals surface area (Å²) in [5.41, 5.74) is 2.78. The van der Waals surface area contributed by atoms with Crippen molar-refractivity contribution in [1.29, 1.82) is 0 Å². The van der Waals surface area contributed by atoms with Crippen LogP contribution >= 0.6 is 11.6 Å². The Morgan fingerprint density at radius 1 is 1.05 bits per heavy atom. The highest BCUT2D eigenvalue weighted by molar-refractivity contribution is 6.21. The van der Waals surface area contributed by atoms with Crippen LogP contribution in [0.15, 0.2) is 24.3 Å². The Kier molecular flexibility index (Phi) is 6.23. The van der Waals surface area contributed by atoms with Crippen molar-refractivity contribution in [3.05, 3.63) is 35.4 Å². The lowest BCUT2D eigenvalue weighted by Gasteiger charge is -2.21. The molecule has 0 spiro atoms. The number of unbranched alkanes of at least 4 members (excludes halogenated alkanes) is 1. The molecule has 1 aromatic carbocycles. The number of rotatable bonds is 5. The minimum absolute atomic E-state index is 0.221. The fourth-order valence-corrected chi connectivity index (χ4v) is 3.52. The summed E-state index contributed by atoms with van der Waals surface area (Å²) in [5.74, 6) is 0.686. The highest BCUT2D eigenvalue weighted by Crippen LogP contribution is 2.37. The first-order chi connectivity index (χ1) is 9.31. The third kappa shape index (κ3) is 4.53. The summed E-state index contributed by atoms with van der Waals surface area (Å²) in [7, 11) is 0. The summed E-state index contributed by atoms with van der Waals surface area (Å²) in [6, 6.07) is 9.06. The Morgan fingerprint density at radius 2 is 1.68 bits per heavy atom. The molecule has 0 N–H and O–H groups in total. The van der Waals surface area contributed by atoms with Crippen LogP contribution in [0.1, 0.15) is 74.8 Å². The van der Waals surface area contributed by atoms with E-state index in [2.05, 4.69) is 31.2 Å². The maximum atomic E-state index is 6.71. The van der Waals surface area contributed by atoms with Gasteiger partial charge in [-0.1, -0.05) is 63.3 Å². The molecule has 1 heteroatoms. The third-order valence-corrected chi connectivity index (χ3v) is 5.04. The van der Waals surface area contributed by atoms with E-state index in [9.17, 15) is 0 Å². The van der Waals surface area contributed by atoms with E-state index in [0.717, 1.165) is 0 Å². The van der Waals surface area contributed by atoms with Gasteiger partial charge in [-0.25, -0.2) is 0 Å². The van der Waals surface area contributed by atoms with Crippen LogP contribution in [0, 0.1) is 5.92 Å². The smallest absolute Gasteiger partial charge is 0.0613 e. The normalized spacial score (nSPS) is 19.1. The first-order valence-electron chi connectivity index (χ1n) is 8.04. The molecule has 1 saturated carbocycles. The Hall–Kier alpha value is -0.490. The van der Waals surface area contributed by atoms with Crippen molar-refractivity contribution in [2.75, 3.05) is 0 Å². The van der Waals surface area contributed by atoms with Crippen LogP contribution in [-0.2, 0) is 6.42 Å². The number of hydrogen-bond donors (Lipinski definition) is 0. The molecule has 19 heavy (non-hydrogen) atoms. The van der Waals surface area contributed by atoms with Gasteiger partial charge in [0, 0.05) is 0 Å². The first kappa shape index (κ1) is 14.9. The fourth-order valence-electron chi connectivity index (χ4n) is 3.12. The van der Waals surface area contributed by atoms with Crippen LogP contribution in [0.5, 0.6) is 0 Å². The van der Waals surface area contributed by atoms with Gasteiger partial charge in [-0.15, -0.1) is 11.6 Å². The van der Waals surface area contributed by atoms with E-state index in [4.69, 9.17) is 11.6 Å². The number of aryl methyl sites for hydroxylation is 1. The molecule has 1 atom stereocenters. The minimum atomic E-state index is 0.221. The quantitative estimate of drug-likeness (QED) is 0.439. The van der Waals surface area contributed by atoms with Crippen LogP contribution in [0.3, 0.4) is 0 Å². The topological polar surface area (TPSA) is 0 Å². The molecule has 0 saturated heterocycles. The second-order valence-corrected chi connectivity index (χ2v) is 6.47. The Morgan fingerprint density at radius 3 is 2.26 bits per heavy atom. The van der Waals surface area contributed by atoms with Gasteiger partial charge in [0.25, 0.3) is 0 Å². The molecular formula is C18H27Cl. The Labute approximate surface area is 123 Å². The molecular weight excluding hydrogens is 252 g/mol. The van der Waals surface area contributed by atoms with Gasteiger partial charge in [0.2, 0.25) is 0 Å². The van der Waals surface area contributed by atoms with E-state index in [1.165, 1.54) is 68.9 Å². The zero-order valence-electron chi connectivity index (χ0n) is 12.2. The SMILES string of the molecule is CCCCc1ccc(C(Cl)C2CCCCCC2)cc1. The summed E-state index contributed by atoms with van der Waals surface area (Å²) in [6.45, 7) is 2.25. The molecule has 1 aliphatic carbocycles. The zero-order valence-corrected chi connectivity index (χ0v) is 13.0. The summed E-state index contributed by atoms with van der Waals surface area (Å²) < 4.78 is 0. The number of alkyl halides is 1. The third-order valence-electron chi connectivity index (χ3n) is 4.43. The van der Waals surface area contributed by atoms with Crippen molar-refractivity contribution in [2.24, 2.45) is 5.92 Å². The monoisotopic (exact) mass is 278 g/mol. The van der Waals surface area contributed by atoms with E-state index in [1.54, 1.807) is 0 Å². The van der Waals surface area contributed by atoms with Gasteiger partial charge in [0.15, 0.2) is 0 Å². The molecule has 0 aromatic heterocycles. The largest absolute Gasteiger partial charge is 0.118 e. The van der Waals surface area contributed by atoms with Crippen molar-refractivity contribution in [2.45, 2.75) is 70.1 Å². The van der Waals surface area contributed by atoms with E-state index >= 15 is 0 Å². The van der Waals surface area contributed by atoms with Crippen LogP contribution in [-0.4, -0.2) is 0 Å². The fraction of sp³-hybridized carbons (Fsp3) is 0.667. The van der Waals surface area contributed by atoms with E-state index in [-0.39, 0.29) is 5.38 Å². The lowest BCUT2D eigenvalue weighted by Crippen LogP contribution is -2.07. The molecule has 0 aliphatic heterocycles. The lowest BCUT2D eigenvalue weighted by molar-refractivity contribution is 0.445. The van der Waals surface area contributed by atoms with Gasteiger partial charge < -0.3 is 0 Å². The van der Waals surface area contributed by atoms with Crippen molar-refractivity contribution >= 4 is 11.6 Å². The highest BCUT2D eigenvalue weighted by atomic mass is 35.5. The summed E-state index contributed by atoms with van der Waals surface area (Å²) in [4.78, 5) is 0. The lowest BCUT2D eigenvalue weighted by atomic mass is 9.91. The number of halogens is 1. The van der Waals surface area contributed by atoms with Crippen molar-refractivity contribution in [3.63, 3.8) is 0 Å². The Balaban J connectivity index is 1.95. The second-order valence-electron chi connectivity index (χ2n) is 6.00. The second kappa shape index (κ2) is 7.94. The van der Waals surface area contributed by atoms with Crippen LogP contribution in [0.25, 0.3) is 0 Å². The van der Waals surface area contributed by atoms with Crippen molar-refractivity contribution in [1.82, 2.24) is 0 Å². The van der Waals surface area contributed by atoms with Crippen LogP contribution in [0.4, 0.5) is 0 Å². The van der Waals surface area contributed by atoms with Gasteiger partial charge in [0.1, 0.15) is 0 Å². The molecule has 0 bridgehead atoms. The number of hydrogen-bond acceptors (Lipinski definition) is 0. The van der Waals surface area contributed by atoms with Crippen LogP contribution < -0.4 is 0 Å². The summed E-state index contributed by atoms with van der Waals surface area (Å²) >= 11 is 6.71. The Bertz CT molecular complexity index is 346. The average molecular weight is 279 g/mol. The minimum Gasteiger partial charge on any atom is -0.118 e. The first-order valence-corrected chi connectivity index (χ1v) is 8.48. The highest BCUT2D eigenvalue weighted by Gasteiger charge is 2.22. The maximum Gasteiger partial charge on any atom is 0.0613 e. The zero-order chi connectivity index (χ0) is 13.5. The van der Waals surface area contributed by atoms with Gasteiger partial charge in [-0.2, -0.15) is 0 Å². The van der Waals surface area contributed by atoms with Gasteiger partial charge in [-0.05, 0) is 42.7 Å². The molecule has 0 nitrogen and oxygen atoms in total. The molecule has 0 amide bonds. The molecule has 1 unspecified atom stereocenters. The van der Waals surface area contributed by atoms with Gasteiger partial charge in [-0.3, -0.25) is 0 Å². The van der Waals surface area contributed by atoms with Crippen LogP contribution in [0.2, 0.25) is 0 Å². The standard InChI is InChI=1S/C18H27Cl/c1-2-3-8-15-11-13-17(14-12-15)18(19)16-9-6-4-5-7-10-16/h11-14,16,18H,2-10H2,1H3. The van der Waals surface area contributed by atoms with Gasteiger partial charge in [0.05, 0.1) is 5.38 Å². The van der Waals surface area contributed by atoms with E-state index < -0.39 is 0 Å². The van der Waals surface area contributed by atoms with Crippen molar-refractivity contribution < 1.29 is 0 Å². The van der Waals surface area contributed by atoms with E-state index in [1.807, 2.05) is 0 Å². The summed E-state index contributed by atoms with van der Waals surface area (Å²) in [6.07, 6.45) is 11.9. The maximum absolute atomic E-state index is 6.71.